The van der Waals surface area contributed by atoms with E-state index in [2.05, 4.69) is 21.2 Å². The van der Waals surface area contributed by atoms with Gasteiger partial charge in [-0.15, -0.1) is 0 Å². The zero-order chi connectivity index (χ0) is 28.9. The van der Waals surface area contributed by atoms with Crippen LogP contribution in [0.15, 0.2) is 113 Å². The van der Waals surface area contributed by atoms with Crippen LogP contribution in [0.2, 0.25) is 0 Å². The summed E-state index contributed by atoms with van der Waals surface area (Å²) in [7, 11) is 0. The maximum absolute atomic E-state index is 13.7. The molecule has 4 aromatic carbocycles. The van der Waals surface area contributed by atoms with Gasteiger partial charge in [0.05, 0.1) is 11.4 Å². The Morgan fingerprint density at radius 2 is 1.41 bits per heavy atom. The third-order valence-corrected chi connectivity index (χ3v) is 6.70. The minimum absolute atomic E-state index is 0.246. The fourth-order valence-electron chi connectivity index (χ4n) is 4.32. The van der Waals surface area contributed by atoms with Gasteiger partial charge >= 0.3 is 6.03 Å². The molecule has 204 valence electrons. The average molecular weight is 610 g/mol. The van der Waals surface area contributed by atoms with Crippen molar-refractivity contribution >= 4 is 62.8 Å². The number of aryl methyl sites for hydroxylation is 1. The molecular formula is C32H24BrN3O5. The van der Waals surface area contributed by atoms with Crippen LogP contribution in [0.5, 0.6) is 5.75 Å². The molecule has 1 aliphatic heterocycles. The molecule has 8 nitrogen and oxygen atoms in total. The second kappa shape index (κ2) is 12.0. The van der Waals surface area contributed by atoms with E-state index >= 15 is 0 Å². The summed E-state index contributed by atoms with van der Waals surface area (Å²) < 4.78 is 6.48. The molecule has 0 aromatic heterocycles. The van der Waals surface area contributed by atoms with Gasteiger partial charge in [0.15, 0.2) is 6.61 Å². The first-order valence-corrected chi connectivity index (χ1v) is 13.4. The molecule has 1 N–H and O–H groups in total. The highest BCUT2D eigenvalue weighted by molar-refractivity contribution is 9.10. The quantitative estimate of drug-likeness (QED) is 0.194. The lowest BCUT2D eigenvalue weighted by atomic mass is 10.0. The molecule has 4 aromatic rings. The Hall–Kier alpha value is -5.02. The first-order chi connectivity index (χ1) is 19.8. The number of barbiturate groups is 1. The van der Waals surface area contributed by atoms with Crippen LogP contribution in [0.25, 0.3) is 6.08 Å². The average Bonchev–Trinajstić information content (AvgIpc) is 2.96. The van der Waals surface area contributed by atoms with Crippen molar-refractivity contribution in [2.45, 2.75) is 6.92 Å². The molecule has 0 atom stereocenters. The summed E-state index contributed by atoms with van der Waals surface area (Å²) in [4.78, 5) is 55.4. The van der Waals surface area contributed by atoms with Crippen LogP contribution in [0.3, 0.4) is 0 Å². The molecule has 0 bridgehead atoms. The standard InChI is InChI=1S/C32H24BrN3O5/c1-21-9-8-10-24(17-21)34-29(37)20-41-28-16-15-23(33)18-22(28)19-27-30(38)35(25-11-4-2-5-12-25)32(40)36(31(27)39)26-13-6-3-7-14-26/h2-19H,20H2,1H3,(H,34,37). The minimum Gasteiger partial charge on any atom is -0.483 e. The maximum atomic E-state index is 13.7. The summed E-state index contributed by atoms with van der Waals surface area (Å²) in [6.07, 6.45) is 1.38. The number of halogens is 1. The van der Waals surface area contributed by atoms with Gasteiger partial charge in [-0.05, 0) is 73.2 Å². The van der Waals surface area contributed by atoms with Gasteiger partial charge in [-0.25, -0.2) is 14.6 Å². The third kappa shape index (κ3) is 6.10. The molecule has 41 heavy (non-hydrogen) atoms. The number of carbonyl (C=O) groups excluding carboxylic acids is 4. The highest BCUT2D eigenvalue weighted by Gasteiger charge is 2.43. The molecule has 1 heterocycles. The Kier molecular flexibility index (Phi) is 8.07. The van der Waals surface area contributed by atoms with Crippen molar-refractivity contribution in [3.63, 3.8) is 0 Å². The highest BCUT2D eigenvalue weighted by atomic mass is 79.9. The Morgan fingerprint density at radius 1 is 0.805 bits per heavy atom. The lowest BCUT2D eigenvalue weighted by molar-refractivity contribution is -0.121. The number of carbonyl (C=O) groups is 4. The van der Waals surface area contributed by atoms with Crippen LogP contribution in [0.1, 0.15) is 11.1 Å². The number of hydrogen-bond donors (Lipinski definition) is 1. The molecule has 0 radical (unpaired) electrons. The fraction of sp³-hybridized carbons (Fsp3) is 0.0625. The molecule has 1 saturated heterocycles. The number of nitrogens with one attached hydrogen (secondary N) is 1. The number of hydrogen-bond acceptors (Lipinski definition) is 5. The lowest BCUT2D eigenvalue weighted by Crippen LogP contribution is -2.57. The van der Waals surface area contributed by atoms with Crippen LogP contribution in [-0.2, 0) is 14.4 Å². The number of ether oxygens (including phenoxy) is 1. The van der Waals surface area contributed by atoms with E-state index in [1.54, 1.807) is 84.9 Å². The second-order valence-electron chi connectivity index (χ2n) is 9.18. The van der Waals surface area contributed by atoms with Gasteiger partial charge < -0.3 is 10.1 Å². The number of imide groups is 2. The molecule has 9 heteroatoms. The molecule has 1 fully saturated rings. The van der Waals surface area contributed by atoms with Gasteiger partial charge in [0.2, 0.25) is 0 Å². The van der Waals surface area contributed by atoms with Crippen molar-refractivity contribution in [1.29, 1.82) is 0 Å². The van der Waals surface area contributed by atoms with Crippen molar-refractivity contribution in [2.24, 2.45) is 0 Å². The van der Waals surface area contributed by atoms with Crippen LogP contribution in [0.4, 0.5) is 21.9 Å². The predicted octanol–water partition coefficient (Wildman–Crippen LogP) is 6.36. The van der Waals surface area contributed by atoms with E-state index in [0.29, 0.717) is 27.1 Å². The van der Waals surface area contributed by atoms with Crippen molar-refractivity contribution in [3.8, 4) is 5.75 Å². The third-order valence-electron chi connectivity index (χ3n) is 6.21. The number of benzene rings is 4. The topological polar surface area (TPSA) is 96.0 Å². The van der Waals surface area contributed by atoms with Gasteiger partial charge in [-0.1, -0.05) is 64.5 Å². The number of anilines is 3. The van der Waals surface area contributed by atoms with Crippen molar-refractivity contribution in [3.05, 3.63) is 124 Å². The molecular weight excluding hydrogens is 586 g/mol. The first kappa shape index (κ1) is 27.5. The van der Waals surface area contributed by atoms with Crippen LogP contribution >= 0.6 is 15.9 Å². The Balaban J connectivity index is 1.49. The minimum atomic E-state index is -0.784. The number of rotatable bonds is 7. The van der Waals surface area contributed by atoms with Crippen LogP contribution in [-0.4, -0.2) is 30.4 Å². The maximum Gasteiger partial charge on any atom is 0.343 e. The zero-order valence-corrected chi connectivity index (χ0v) is 23.5. The summed E-state index contributed by atoms with van der Waals surface area (Å²) in [6, 6.07) is 28.4. The number of para-hydroxylation sites is 2. The molecule has 5 rings (SSSR count). The Labute approximate surface area is 245 Å². The highest BCUT2D eigenvalue weighted by Crippen LogP contribution is 2.32. The molecule has 0 saturated carbocycles. The number of urea groups is 1. The van der Waals surface area contributed by atoms with Crippen LogP contribution < -0.4 is 19.9 Å². The molecule has 1 aliphatic rings. The van der Waals surface area contributed by atoms with E-state index in [9.17, 15) is 19.2 Å². The second-order valence-corrected chi connectivity index (χ2v) is 10.1. The summed E-state index contributed by atoms with van der Waals surface area (Å²) in [5.74, 6) is -1.66. The monoisotopic (exact) mass is 609 g/mol. The number of amides is 5. The summed E-state index contributed by atoms with van der Waals surface area (Å²) in [6.45, 7) is 1.62. The van der Waals surface area contributed by atoms with E-state index < -0.39 is 17.8 Å². The summed E-state index contributed by atoms with van der Waals surface area (Å²) in [5, 5.41) is 2.78. The Bertz CT molecular complexity index is 1610. The largest absolute Gasteiger partial charge is 0.483 e. The predicted molar refractivity (Wildman–Crippen MR) is 161 cm³/mol. The van der Waals surface area contributed by atoms with E-state index in [4.69, 9.17) is 4.74 Å². The molecule has 0 spiro atoms. The van der Waals surface area contributed by atoms with Gasteiger partial charge in [-0.2, -0.15) is 0 Å². The lowest BCUT2D eigenvalue weighted by Gasteiger charge is -2.34. The van der Waals surface area contributed by atoms with Crippen LogP contribution in [0, 0.1) is 6.92 Å². The summed E-state index contributed by atoms with van der Waals surface area (Å²) >= 11 is 3.42. The molecule has 0 unspecified atom stereocenters. The van der Waals surface area contributed by atoms with Crippen molar-refractivity contribution in [2.75, 3.05) is 21.7 Å². The van der Waals surface area contributed by atoms with E-state index in [1.165, 1.54) is 6.08 Å². The summed E-state index contributed by atoms with van der Waals surface area (Å²) in [5.41, 5.74) is 2.40. The zero-order valence-electron chi connectivity index (χ0n) is 21.9. The first-order valence-electron chi connectivity index (χ1n) is 12.7. The van der Waals surface area contributed by atoms with E-state index in [0.717, 1.165) is 15.4 Å². The smallest absolute Gasteiger partial charge is 0.343 e. The SMILES string of the molecule is Cc1cccc(NC(=O)COc2ccc(Br)cc2C=C2C(=O)N(c3ccccc3)C(=O)N(c3ccccc3)C2=O)c1. The van der Waals surface area contributed by atoms with E-state index in [-0.39, 0.29) is 23.8 Å². The Morgan fingerprint density at radius 3 is 2.00 bits per heavy atom. The fourth-order valence-corrected chi connectivity index (χ4v) is 4.70. The van der Waals surface area contributed by atoms with Crippen molar-refractivity contribution < 1.29 is 23.9 Å². The van der Waals surface area contributed by atoms with E-state index in [1.807, 2.05) is 25.1 Å². The number of nitrogens with zero attached hydrogens (tertiary/aromatic N) is 2. The van der Waals surface area contributed by atoms with Gasteiger partial charge in [0.25, 0.3) is 17.7 Å². The van der Waals surface area contributed by atoms with Gasteiger partial charge in [0, 0.05) is 15.7 Å². The van der Waals surface area contributed by atoms with Crippen molar-refractivity contribution in [1.82, 2.24) is 0 Å². The van der Waals surface area contributed by atoms with Gasteiger partial charge in [0.1, 0.15) is 11.3 Å². The normalized spacial score (nSPS) is 13.3. The molecule has 0 aliphatic carbocycles. The molecule has 5 amide bonds. The van der Waals surface area contributed by atoms with Gasteiger partial charge in [-0.3, -0.25) is 14.4 Å².